The van der Waals surface area contributed by atoms with E-state index in [9.17, 15) is 0 Å². The summed E-state index contributed by atoms with van der Waals surface area (Å²) in [5, 5.41) is 4.29. The standard InChI is InChI=1S/C12H15BrClN/c1-2-15-7-8-5-10(8)11-6-9(13)3-4-12(11)14/h3-4,6,8,10,15H,2,5,7H2,1H3. The lowest BCUT2D eigenvalue weighted by molar-refractivity contribution is 0.649. The minimum absolute atomic E-state index is 0.661. The van der Waals surface area contributed by atoms with E-state index in [-0.39, 0.29) is 0 Å². The average molecular weight is 289 g/mol. The number of nitrogens with one attached hydrogen (secondary N) is 1. The lowest BCUT2D eigenvalue weighted by Crippen LogP contribution is -2.16. The largest absolute Gasteiger partial charge is 0.317 e. The normalized spacial score (nSPS) is 24.2. The van der Waals surface area contributed by atoms with E-state index in [0.29, 0.717) is 5.92 Å². The van der Waals surface area contributed by atoms with Gasteiger partial charge in [0.25, 0.3) is 0 Å². The molecule has 1 aliphatic rings. The molecule has 0 spiro atoms. The zero-order valence-corrected chi connectivity index (χ0v) is 11.1. The molecule has 2 rings (SSSR count). The summed E-state index contributed by atoms with van der Waals surface area (Å²) in [4.78, 5) is 0. The first-order valence-electron chi connectivity index (χ1n) is 5.38. The Bertz CT molecular complexity index is 353. The van der Waals surface area contributed by atoms with Gasteiger partial charge >= 0.3 is 0 Å². The molecule has 2 unspecified atom stereocenters. The molecule has 1 nitrogen and oxygen atoms in total. The quantitative estimate of drug-likeness (QED) is 0.888. The van der Waals surface area contributed by atoms with Gasteiger partial charge in [0, 0.05) is 9.50 Å². The Hall–Kier alpha value is -0.0500. The van der Waals surface area contributed by atoms with Crippen LogP contribution in [0.15, 0.2) is 22.7 Å². The first-order valence-corrected chi connectivity index (χ1v) is 6.55. The van der Waals surface area contributed by atoms with Crippen LogP contribution < -0.4 is 5.32 Å². The van der Waals surface area contributed by atoms with Gasteiger partial charge in [0.05, 0.1) is 0 Å². The molecule has 0 radical (unpaired) electrons. The maximum absolute atomic E-state index is 6.19. The molecular weight excluding hydrogens is 273 g/mol. The fourth-order valence-corrected chi connectivity index (χ4v) is 2.62. The van der Waals surface area contributed by atoms with Crippen LogP contribution in [0, 0.1) is 5.92 Å². The summed E-state index contributed by atoms with van der Waals surface area (Å²) in [5.41, 5.74) is 1.30. The van der Waals surface area contributed by atoms with Crippen molar-refractivity contribution in [2.75, 3.05) is 13.1 Å². The molecule has 1 aliphatic carbocycles. The smallest absolute Gasteiger partial charge is 0.0441 e. The van der Waals surface area contributed by atoms with E-state index < -0.39 is 0 Å². The van der Waals surface area contributed by atoms with Gasteiger partial charge in [-0.15, -0.1) is 0 Å². The van der Waals surface area contributed by atoms with Gasteiger partial charge in [-0.2, -0.15) is 0 Å². The molecule has 1 aromatic rings. The minimum Gasteiger partial charge on any atom is -0.317 e. The molecule has 2 atom stereocenters. The van der Waals surface area contributed by atoms with Crippen molar-refractivity contribution < 1.29 is 0 Å². The highest BCUT2D eigenvalue weighted by Gasteiger charge is 2.38. The van der Waals surface area contributed by atoms with Crippen LogP contribution in [0.5, 0.6) is 0 Å². The molecule has 0 bridgehead atoms. The van der Waals surface area contributed by atoms with Gasteiger partial charge in [0.1, 0.15) is 0 Å². The maximum atomic E-state index is 6.19. The summed E-state index contributed by atoms with van der Waals surface area (Å²) in [7, 11) is 0. The molecule has 0 saturated heterocycles. The van der Waals surface area contributed by atoms with Gasteiger partial charge < -0.3 is 5.32 Å². The molecule has 15 heavy (non-hydrogen) atoms. The van der Waals surface area contributed by atoms with Gasteiger partial charge in [0.2, 0.25) is 0 Å². The van der Waals surface area contributed by atoms with E-state index in [4.69, 9.17) is 11.6 Å². The summed E-state index contributed by atoms with van der Waals surface area (Å²) in [6, 6.07) is 6.12. The zero-order chi connectivity index (χ0) is 10.8. The fraction of sp³-hybridized carbons (Fsp3) is 0.500. The monoisotopic (exact) mass is 287 g/mol. The highest BCUT2D eigenvalue weighted by Crippen LogP contribution is 2.49. The molecule has 1 fully saturated rings. The highest BCUT2D eigenvalue weighted by atomic mass is 79.9. The summed E-state index contributed by atoms with van der Waals surface area (Å²) >= 11 is 9.68. The summed E-state index contributed by atoms with van der Waals surface area (Å²) in [6.07, 6.45) is 1.27. The van der Waals surface area contributed by atoms with Crippen LogP contribution in [0.4, 0.5) is 0 Å². The van der Waals surface area contributed by atoms with Crippen LogP contribution in [-0.2, 0) is 0 Å². The molecule has 3 heteroatoms. The Balaban J connectivity index is 2.03. The minimum atomic E-state index is 0.661. The van der Waals surface area contributed by atoms with Crippen LogP contribution >= 0.6 is 27.5 Å². The number of hydrogen-bond acceptors (Lipinski definition) is 1. The van der Waals surface area contributed by atoms with E-state index in [1.807, 2.05) is 12.1 Å². The fourth-order valence-electron chi connectivity index (χ4n) is 1.98. The van der Waals surface area contributed by atoms with E-state index >= 15 is 0 Å². The predicted octanol–water partition coefficient (Wildman–Crippen LogP) is 3.82. The molecule has 1 saturated carbocycles. The Morgan fingerprint density at radius 3 is 3.07 bits per heavy atom. The third-order valence-corrected chi connectivity index (χ3v) is 3.77. The second-order valence-electron chi connectivity index (χ2n) is 4.08. The molecule has 1 N–H and O–H groups in total. The van der Waals surface area contributed by atoms with Gasteiger partial charge in [-0.1, -0.05) is 34.5 Å². The van der Waals surface area contributed by atoms with E-state index in [1.54, 1.807) is 0 Å². The van der Waals surface area contributed by atoms with Gasteiger partial charge in [-0.25, -0.2) is 0 Å². The van der Waals surface area contributed by atoms with Crippen molar-refractivity contribution in [3.8, 4) is 0 Å². The van der Waals surface area contributed by atoms with Crippen molar-refractivity contribution >= 4 is 27.5 Å². The second kappa shape index (κ2) is 4.86. The Kier molecular flexibility index (Phi) is 3.70. The molecule has 0 aliphatic heterocycles. The first-order chi connectivity index (χ1) is 7.22. The maximum Gasteiger partial charge on any atom is 0.0441 e. The molecule has 0 aromatic heterocycles. The van der Waals surface area contributed by atoms with Crippen molar-refractivity contribution in [1.82, 2.24) is 5.32 Å². The van der Waals surface area contributed by atoms with Crippen molar-refractivity contribution in [2.24, 2.45) is 5.92 Å². The third kappa shape index (κ3) is 2.74. The molecule has 0 heterocycles. The number of rotatable bonds is 4. The number of benzene rings is 1. The Morgan fingerprint density at radius 1 is 1.53 bits per heavy atom. The van der Waals surface area contributed by atoms with Crippen molar-refractivity contribution in [1.29, 1.82) is 0 Å². The van der Waals surface area contributed by atoms with Crippen LogP contribution in [0.3, 0.4) is 0 Å². The highest BCUT2D eigenvalue weighted by molar-refractivity contribution is 9.10. The van der Waals surface area contributed by atoms with Gasteiger partial charge in [-0.05, 0) is 55.1 Å². The lowest BCUT2D eigenvalue weighted by atomic mass is 10.1. The average Bonchev–Trinajstić information content (AvgIpc) is 2.98. The predicted molar refractivity (Wildman–Crippen MR) is 68.5 cm³/mol. The van der Waals surface area contributed by atoms with E-state index in [2.05, 4.69) is 34.2 Å². The topological polar surface area (TPSA) is 12.0 Å². The molecule has 1 aromatic carbocycles. The number of halogens is 2. The van der Waals surface area contributed by atoms with E-state index in [1.165, 1.54) is 12.0 Å². The number of hydrogen-bond donors (Lipinski definition) is 1. The van der Waals surface area contributed by atoms with Crippen LogP contribution in [0.1, 0.15) is 24.8 Å². The molecular formula is C12H15BrClN. The summed E-state index contributed by atoms with van der Waals surface area (Å²) in [6.45, 7) is 4.31. The third-order valence-electron chi connectivity index (χ3n) is 2.94. The SMILES string of the molecule is CCNCC1CC1c1cc(Br)ccc1Cl. The van der Waals surface area contributed by atoms with Crippen LogP contribution in [0.25, 0.3) is 0 Å². The lowest BCUT2D eigenvalue weighted by Gasteiger charge is -2.04. The van der Waals surface area contributed by atoms with E-state index in [0.717, 1.165) is 28.5 Å². The van der Waals surface area contributed by atoms with Crippen LogP contribution in [-0.4, -0.2) is 13.1 Å². The zero-order valence-electron chi connectivity index (χ0n) is 8.76. The summed E-state index contributed by atoms with van der Waals surface area (Å²) in [5.74, 6) is 1.44. The van der Waals surface area contributed by atoms with Crippen molar-refractivity contribution in [2.45, 2.75) is 19.3 Å². The van der Waals surface area contributed by atoms with Crippen LogP contribution in [0.2, 0.25) is 5.02 Å². The molecule has 82 valence electrons. The van der Waals surface area contributed by atoms with Gasteiger partial charge in [0.15, 0.2) is 0 Å². The Morgan fingerprint density at radius 2 is 2.33 bits per heavy atom. The van der Waals surface area contributed by atoms with Crippen molar-refractivity contribution in [3.63, 3.8) is 0 Å². The Labute approximate surface area is 104 Å². The second-order valence-corrected chi connectivity index (χ2v) is 5.40. The van der Waals surface area contributed by atoms with Crippen molar-refractivity contribution in [3.05, 3.63) is 33.3 Å². The first kappa shape index (κ1) is 11.4. The summed E-state index contributed by atoms with van der Waals surface area (Å²) < 4.78 is 1.12. The van der Waals surface area contributed by atoms with Gasteiger partial charge in [-0.3, -0.25) is 0 Å². The molecule has 0 amide bonds.